The second kappa shape index (κ2) is 6.62. The maximum Gasteiger partial charge on any atom is 0.354 e. The Morgan fingerprint density at radius 2 is 1.85 bits per heavy atom. The monoisotopic (exact) mass is 474 g/mol. The van der Waals surface area contributed by atoms with Crippen molar-refractivity contribution in [2.45, 2.75) is 76.7 Å². The number of fused-ring (bicyclic) bond motifs is 2. The van der Waals surface area contributed by atoms with Crippen LogP contribution in [0.3, 0.4) is 0 Å². The van der Waals surface area contributed by atoms with Gasteiger partial charge in [0, 0.05) is 25.3 Å². The molecule has 1 aromatic heterocycles. The van der Waals surface area contributed by atoms with Crippen LogP contribution < -0.4 is 0 Å². The van der Waals surface area contributed by atoms with Crippen LogP contribution in [0.15, 0.2) is 23.0 Å². The average Bonchev–Trinajstić information content (AvgIpc) is 3.37. The van der Waals surface area contributed by atoms with Crippen LogP contribution in [0.5, 0.6) is 0 Å². The number of epoxide rings is 1. The summed E-state index contributed by atoms with van der Waals surface area (Å²) in [5.74, 6) is -3.47. The minimum atomic E-state index is -1.79. The Balaban J connectivity index is 1.53. The maximum atomic E-state index is 13.4. The number of hydrogen-bond donors (Lipinski definition) is 0. The van der Waals surface area contributed by atoms with Gasteiger partial charge < -0.3 is 28.1 Å². The number of esters is 4. The van der Waals surface area contributed by atoms with Crippen LogP contribution in [0.25, 0.3) is 0 Å². The summed E-state index contributed by atoms with van der Waals surface area (Å²) in [7, 11) is 0. The number of cyclic esters (lactones) is 1. The molecule has 4 aliphatic heterocycles. The number of rotatable bonds is 3. The number of furan rings is 1. The molecule has 6 fully saturated rings. The van der Waals surface area contributed by atoms with Crippen LogP contribution >= 0.6 is 0 Å². The van der Waals surface area contributed by atoms with Gasteiger partial charge in [-0.05, 0) is 24.3 Å². The maximum absolute atomic E-state index is 13.4. The highest BCUT2D eigenvalue weighted by Gasteiger charge is 2.89. The molecule has 10 nitrogen and oxygen atoms in total. The molecule has 6 aliphatic rings. The summed E-state index contributed by atoms with van der Waals surface area (Å²) in [4.78, 5) is 51.2. The molecule has 2 saturated carbocycles. The Bertz CT molecular complexity index is 1100. The summed E-state index contributed by atoms with van der Waals surface area (Å²) in [6.45, 7) is 6.27. The van der Waals surface area contributed by atoms with Gasteiger partial charge in [0.05, 0.1) is 23.9 Å². The van der Waals surface area contributed by atoms with Crippen molar-refractivity contribution in [3.8, 4) is 0 Å². The molecule has 7 rings (SSSR count). The van der Waals surface area contributed by atoms with Crippen molar-refractivity contribution < 1.29 is 47.3 Å². The van der Waals surface area contributed by atoms with Crippen molar-refractivity contribution in [1.82, 2.24) is 0 Å². The Kier molecular flexibility index (Phi) is 4.21. The molecule has 34 heavy (non-hydrogen) atoms. The van der Waals surface area contributed by atoms with E-state index in [0.717, 1.165) is 5.56 Å². The smallest absolute Gasteiger partial charge is 0.354 e. The first-order valence-corrected chi connectivity index (χ1v) is 11.5. The highest BCUT2D eigenvalue weighted by Crippen LogP contribution is 2.73. The molecule has 0 aromatic carbocycles. The van der Waals surface area contributed by atoms with Gasteiger partial charge in [-0.25, -0.2) is 4.79 Å². The van der Waals surface area contributed by atoms with Crippen molar-refractivity contribution in [2.24, 2.45) is 22.7 Å². The van der Waals surface area contributed by atoms with Crippen molar-refractivity contribution in [3.05, 3.63) is 24.2 Å². The lowest BCUT2D eigenvalue weighted by atomic mass is 9.40. The standard InChI is InChI=1S/C24H26O10/c1-10(25)30-15-7-13-20(27)31-14(12-5-6-29-9-12)8-22(13,3)18-16-17-19(32-17)24(21(28)33-16,23(15,18)4)34-11(2)26/h5-6,9,13-19H,7-8H2,1-4H3/t13-,14-,15?,16-,17+,18+,19+,22-,23-,24+/m1/s1. The molecule has 10 atom stereocenters. The van der Waals surface area contributed by atoms with E-state index in [1.165, 1.54) is 20.1 Å². The lowest BCUT2D eigenvalue weighted by Crippen LogP contribution is -2.81. The molecule has 0 amide bonds. The van der Waals surface area contributed by atoms with Gasteiger partial charge in [-0.15, -0.1) is 0 Å². The third-order valence-corrected chi connectivity index (χ3v) is 8.89. The minimum absolute atomic E-state index is 0.125. The Morgan fingerprint density at radius 1 is 1.09 bits per heavy atom. The fraction of sp³-hybridized carbons (Fsp3) is 0.667. The summed E-state index contributed by atoms with van der Waals surface area (Å²) >= 11 is 0. The molecule has 1 aromatic rings. The van der Waals surface area contributed by atoms with E-state index in [1.807, 2.05) is 6.92 Å². The van der Waals surface area contributed by atoms with Gasteiger partial charge in [0.15, 0.2) is 0 Å². The third-order valence-electron chi connectivity index (χ3n) is 8.89. The first-order chi connectivity index (χ1) is 16.0. The Hall–Kier alpha value is -2.88. The SMILES string of the molecule is CC(=O)OC1C[C@@H]2C(=O)O[C@@H](c3ccoc3)C[C@@]2(C)[C@@H]2[C@@H]3OC(=O)[C@@](OC(C)=O)([C@H]4O[C@@H]34)[C@]12C. The van der Waals surface area contributed by atoms with E-state index in [4.69, 9.17) is 28.1 Å². The van der Waals surface area contributed by atoms with Crippen molar-refractivity contribution >= 4 is 23.9 Å². The van der Waals surface area contributed by atoms with E-state index < -0.39 is 82.7 Å². The number of carbonyl (C=O) groups is 4. The normalized spacial score (nSPS) is 47.9. The predicted molar refractivity (Wildman–Crippen MR) is 109 cm³/mol. The lowest BCUT2D eigenvalue weighted by Gasteiger charge is -2.68. The number of hydrogen-bond acceptors (Lipinski definition) is 10. The minimum Gasteiger partial charge on any atom is -0.472 e. The van der Waals surface area contributed by atoms with Crippen molar-refractivity contribution in [3.63, 3.8) is 0 Å². The first kappa shape index (κ1) is 21.6. The second-order valence-electron chi connectivity index (χ2n) is 10.6. The summed E-state index contributed by atoms with van der Waals surface area (Å²) in [6.07, 6.45) is 0.321. The summed E-state index contributed by atoms with van der Waals surface area (Å²) in [6, 6.07) is 1.75. The number of ether oxygens (including phenoxy) is 5. The van der Waals surface area contributed by atoms with Crippen molar-refractivity contribution in [1.29, 1.82) is 0 Å². The third kappa shape index (κ3) is 2.44. The first-order valence-electron chi connectivity index (χ1n) is 11.5. The molecule has 2 bridgehead atoms. The van der Waals surface area contributed by atoms with Crippen LogP contribution in [0.1, 0.15) is 52.2 Å². The van der Waals surface area contributed by atoms with Crippen molar-refractivity contribution in [2.75, 3.05) is 0 Å². The topological polar surface area (TPSA) is 131 Å². The molecule has 182 valence electrons. The highest BCUT2D eigenvalue weighted by molar-refractivity contribution is 5.89. The van der Waals surface area contributed by atoms with Gasteiger partial charge in [0.1, 0.15) is 30.5 Å². The van der Waals surface area contributed by atoms with Crippen LogP contribution in [0, 0.1) is 22.7 Å². The average molecular weight is 474 g/mol. The molecule has 0 spiro atoms. The van der Waals surface area contributed by atoms with Gasteiger partial charge in [-0.1, -0.05) is 13.8 Å². The van der Waals surface area contributed by atoms with Gasteiger partial charge in [-0.2, -0.15) is 0 Å². The second-order valence-corrected chi connectivity index (χ2v) is 10.6. The van der Waals surface area contributed by atoms with E-state index in [2.05, 4.69) is 0 Å². The molecule has 10 heteroatoms. The summed E-state index contributed by atoms with van der Waals surface area (Å²) in [5, 5.41) is 0. The molecule has 5 heterocycles. The molecule has 2 aliphatic carbocycles. The van der Waals surface area contributed by atoms with E-state index in [0.29, 0.717) is 6.42 Å². The molecule has 0 radical (unpaired) electrons. The largest absolute Gasteiger partial charge is 0.472 e. The van der Waals surface area contributed by atoms with Gasteiger partial charge in [0.2, 0.25) is 5.60 Å². The zero-order chi connectivity index (χ0) is 24.2. The number of carbonyl (C=O) groups excluding carboxylic acids is 4. The van der Waals surface area contributed by atoms with Crippen LogP contribution in [0.4, 0.5) is 0 Å². The quantitative estimate of drug-likeness (QED) is 0.363. The zero-order valence-corrected chi connectivity index (χ0v) is 19.3. The molecule has 0 N–H and O–H groups in total. The fourth-order valence-electron chi connectivity index (χ4n) is 7.65. The highest BCUT2D eigenvalue weighted by atomic mass is 16.7. The van der Waals surface area contributed by atoms with Gasteiger partial charge in [0.25, 0.3) is 0 Å². The predicted octanol–water partition coefficient (Wildman–Crippen LogP) is 1.86. The van der Waals surface area contributed by atoms with E-state index in [-0.39, 0.29) is 6.42 Å². The lowest BCUT2D eigenvalue weighted by molar-refractivity contribution is -0.311. The summed E-state index contributed by atoms with van der Waals surface area (Å²) < 4.78 is 34.3. The molecule has 1 unspecified atom stereocenters. The fourth-order valence-corrected chi connectivity index (χ4v) is 7.65. The van der Waals surface area contributed by atoms with Crippen LogP contribution in [-0.2, 0) is 42.9 Å². The Morgan fingerprint density at radius 3 is 2.50 bits per heavy atom. The summed E-state index contributed by atoms with van der Waals surface area (Å²) in [5.41, 5.74) is -2.99. The zero-order valence-electron chi connectivity index (χ0n) is 19.3. The molecular weight excluding hydrogens is 448 g/mol. The Labute approximate surface area is 195 Å². The van der Waals surface area contributed by atoms with E-state index in [1.54, 1.807) is 19.3 Å². The molecule has 4 saturated heterocycles. The molecular formula is C24H26O10. The van der Waals surface area contributed by atoms with Crippen LogP contribution in [-0.4, -0.2) is 53.9 Å². The van der Waals surface area contributed by atoms with Crippen LogP contribution in [0.2, 0.25) is 0 Å². The van der Waals surface area contributed by atoms with E-state index in [9.17, 15) is 19.2 Å². The van der Waals surface area contributed by atoms with Gasteiger partial charge >= 0.3 is 23.9 Å². The van der Waals surface area contributed by atoms with Gasteiger partial charge in [-0.3, -0.25) is 14.4 Å². The van der Waals surface area contributed by atoms with E-state index >= 15 is 0 Å².